The Morgan fingerprint density at radius 1 is 1.53 bits per heavy atom. The first-order chi connectivity index (χ1) is 9.15. The van der Waals surface area contributed by atoms with Crippen LogP contribution in [0.4, 0.5) is 0 Å². The Morgan fingerprint density at radius 2 is 2.37 bits per heavy atom. The van der Waals surface area contributed by atoms with Gasteiger partial charge in [-0.3, -0.25) is 9.78 Å². The Labute approximate surface area is 123 Å². The van der Waals surface area contributed by atoms with Crippen LogP contribution in [0.3, 0.4) is 0 Å². The molecule has 0 radical (unpaired) electrons. The van der Waals surface area contributed by atoms with Crippen LogP contribution in [0, 0.1) is 6.92 Å². The van der Waals surface area contributed by atoms with Gasteiger partial charge in [0.2, 0.25) is 0 Å². The van der Waals surface area contributed by atoms with Gasteiger partial charge in [0, 0.05) is 46.3 Å². The fraction of sp³-hybridized carbons (Fsp3) is 0.308. The summed E-state index contributed by atoms with van der Waals surface area (Å²) in [6.07, 6.45) is 2.59. The standard InChI is InChI=1S/C13H12BrN3OS/c1-8-6-12(16-19-8)13(18)17-5-3-11-9(7-17)10(14)2-4-15-11/h2,4,6H,3,5,7H2,1H3. The van der Waals surface area contributed by atoms with Gasteiger partial charge in [-0.1, -0.05) is 15.9 Å². The van der Waals surface area contributed by atoms with E-state index in [9.17, 15) is 4.79 Å². The molecule has 0 bridgehead atoms. The van der Waals surface area contributed by atoms with E-state index in [1.54, 1.807) is 6.20 Å². The molecule has 0 fully saturated rings. The molecule has 0 saturated carbocycles. The van der Waals surface area contributed by atoms with Crippen molar-refractivity contribution in [2.75, 3.05) is 6.54 Å². The summed E-state index contributed by atoms with van der Waals surface area (Å²) in [6, 6.07) is 3.76. The summed E-state index contributed by atoms with van der Waals surface area (Å²) >= 11 is 4.89. The van der Waals surface area contributed by atoms with Crippen LogP contribution in [0.2, 0.25) is 0 Å². The van der Waals surface area contributed by atoms with Gasteiger partial charge < -0.3 is 4.90 Å². The van der Waals surface area contributed by atoms with Crippen LogP contribution in [-0.4, -0.2) is 26.7 Å². The molecule has 98 valence electrons. The van der Waals surface area contributed by atoms with Gasteiger partial charge in [0.05, 0.1) is 0 Å². The molecule has 2 aromatic rings. The van der Waals surface area contributed by atoms with Gasteiger partial charge in [0.15, 0.2) is 0 Å². The number of hydrogen-bond donors (Lipinski definition) is 0. The zero-order valence-corrected chi connectivity index (χ0v) is 12.8. The van der Waals surface area contributed by atoms with Crippen LogP contribution in [0.1, 0.15) is 26.6 Å². The maximum absolute atomic E-state index is 12.4. The van der Waals surface area contributed by atoms with E-state index in [2.05, 4.69) is 25.3 Å². The summed E-state index contributed by atoms with van der Waals surface area (Å²) in [5.74, 6) is 0.00533. The minimum atomic E-state index is 0.00533. The molecule has 0 spiro atoms. The predicted molar refractivity (Wildman–Crippen MR) is 77.2 cm³/mol. The molecule has 19 heavy (non-hydrogen) atoms. The highest BCUT2D eigenvalue weighted by Crippen LogP contribution is 2.25. The van der Waals surface area contributed by atoms with Crippen molar-refractivity contribution in [1.82, 2.24) is 14.3 Å². The first-order valence-corrected chi connectivity index (χ1v) is 7.56. The molecule has 6 heteroatoms. The van der Waals surface area contributed by atoms with Crippen molar-refractivity contribution in [3.8, 4) is 0 Å². The molecule has 2 aromatic heterocycles. The van der Waals surface area contributed by atoms with Crippen LogP contribution in [0.15, 0.2) is 22.8 Å². The fourth-order valence-corrected chi connectivity index (χ4v) is 3.21. The lowest BCUT2D eigenvalue weighted by Crippen LogP contribution is -2.36. The number of halogens is 1. The third-order valence-electron chi connectivity index (χ3n) is 3.19. The number of hydrogen-bond acceptors (Lipinski definition) is 4. The van der Waals surface area contributed by atoms with Gasteiger partial charge >= 0.3 is 0 Å². The SMILES string of the molecule is Cc1cc(C(=O)N2CCc3nccc(Br)c3C2)ns1. The number of aromatic nitrogens is 2. The highest BCUT2D eigenvalue weighted by atomic mass is 79.9. The maximum atomic E-state index is 12.4. The van der Waals surface area contributed by atoms with Gasteiger partial charge in [-0.05, 0) is 30.6 Å². The summed E-state index contributed by atoms with van der Waals surface area (Å²) in [5, 5.41) is 0. The van der Waals surface area contributed by atoms with Crippen molar-refractivity contribution < 1.29 is 4.79 Å². The van der Waals surface area contributed by atoms with Crippen LogP contribution >= 0.6 is 27.5 Å². The van der Waals surface area contributed by atoms with Crippen molar-refractivity contribution in [3.63, 3.8) is 0 Å². The molecule has 4 nitrogen and oxygen atoms in total. The summed E-state index contributed by atoms with van der Waals surface area (Å²) < 4.78 is 5.21. The van der Waals surface area contributed by atoms with Crippen molar-refractivity contribution >= 4 is 33.4 Å². The maximum Gasteiger partial charge on any atom is 0.273 e. The fourth-order valence-electron chi connectivity index (χ4n) is 2.20. The lowest BCUT2D eigenvalue weighted by Gasteiger charge is -2.28. The van der Waals surface area contributed by atoms with E-state index in [4.69, 9.17) is 0 Å². The molecule has 1 aliphatic rings. The molecule has 1 amide bonds. The number of nitrogens with zero attached hydrogens (tertiary/aromatic N) is 3. The molecule has 0 aliphatic carbocycles. The Kier molecular flexibility index (Phi) is 3.36. The normalized spacial score (nSPS) is 14.3. The second-order valence-electron chi connectivity index (χ2n) is 4.52. The van der Waals surface area contributed by atoms with Gasteiger partial charge in [0.1, 0.15) is 5.69 Å². The third-order valence-corrected chi connectivity index (χ3v) is 4.63. The van der Waals surface area contributed by atoms with Crippen molar-refractivity contribution in [1.29, 1.82) is 0 Å². The second kappa shape index (κ2) is 5.02. The second-order valence-corrected chi connectivity index (χ2v) is 6.38. The number of pyridine rings is 1. The topological polar surface area (TPSA) is 46.1 Å². The van der Waals surface area contributed by atoms with E-state index in [0.717, 1.165) is 27.0 Å². The predicted octanol–water partition coefficient (Wildman–Crippen LogP) is 2.81. The summed E-state index contributed by atoms with van der Waals surface area (Å²) in [7, 11) is 0. The van der Waals surface area contributed by atoms with E-state index < -0.39 is 0 Å². The number of fused-ring (bicyclic) bond motifs is 1. The highest BCUT2D eigenvalue weighted by Gasteiger charge is 2.25. The lowest BCUT2D eigenvalue weighted by molar-refractivity contribution is 0.0728. The van der Waals surface area contributed by atoms with Crippen molar-refractivity contribution in [2.24, 2.45) is 0 Å². The van der Waals surface area contributed by atoms with Crippen LogP contribution in [-0.2, 0) is 13.0 Å². The minimum absolute atomic E-state index is 0.00533. The number of carbonyl (C=O) groups excluding carboxylic acids is 1. The van der Waals surface area contributed by atoms with E-state index >= 15 is 0 Å². The van der Waals surface area contributed by atoms with E-state index in [1.165, 1.54) is 11.5 Å². The van der Waals surface area contributed by atoms with E-state index in [-0.39, 0.29) is 5.91 Å². The average Bonchev–Trinajstić information content (AvgIpc) is 2.85. The zero-order chi connectivity index (χ0) is 13.4. The molecule has 0 saturated heterocycles. The molecular formula is C13H12BrN3OS. The van der Waals surface area contributed by atoms with E-state index in [1.807, 2.05) is 24.0 Å². The first-order valence-electron chi connectivity index (χ1n) is 6.00. The molecule has 0 N–H and O–H groups in total. The first kappa shape index (κ1) is 12.7. The number of amides is 1. The molecule has 0 atom stereocenters. The van der Waals surface area contributed by atoms with Gasteiger partial charge in [0.25, 0.3) is 5.91 Å². The average molecular weight is 338 g/mol. The van der Waals surface area contributed by atoms with Gasteiger partial charge in [-0.25, -0.2) is 0 Å². The Morgan fingerprint density at radius 3 is 3.11 bits per heavy atom. The lowest BCUT2D eigenvalue weighted by atomic mass is 10.1. The molecule has 3 rings (SSSR count). The summed E-state index contributed by atoms with van der Waals surface area (Å²) in [6.45, 7) is 3.26. The largest absolute Gasteiger partial charge is 0.332 e. The van der Waals surface area contributed by atoms with Crippen molar-refractivity contribution in [3.05, 3.63) is 44.6 Å². The molecule has 3 heterocycles. The summed E-state index contributed by atoms with van der Waals surface area (Å²) in [4.78, 5) is 19.6. The molecular weight excluding hydrogens is 326 g/mol. The van der Waals surface area contributed by atoms with E-state index in [0.29, 0.717) is 18.8 Å². The highest BCUT2D eigenvalue weighted by molar-refractivity contribution is 9.10. The Bertz CT molecular complexity index is 641. The van der Waals surface area contributed by atoms with Gasteiger partial charge in [-0.15, -0.1) is 0 Å². The number of rotatable bonds is 1. The number of aryl methyl sites for hydroxylation is 1. The van der Waals surface area contributed by atoms with Gasteiger partial charge in [-0.2, -0.15) is 4.37 Å². The Hall–Kier alpha value is -1.27. The quantitative estimate of drug-likeness (QED) is 0.803. The smallest absolute Gasteiger partial charge is 0.273 e. The summed E-state index contributed by atoms with van der Waals surface area (Å²) in [5.41, 5.74) is 2.73. The monoisotopic (exact) mass is 337 g/mol. The minimum Gasteiger partial charge on any atom is -0.332 e. The van der Waals surface area contributed by atoms with Crippen molar-refractivity contribution in [2.45, 2.75) is 19.9 Å². The number of carbonyl (C=O) groups is 1. The third kappa shape index (κ3) is 2.42. The molecule has 0 aromatic carbocycles. The zero-order valence-electron chi connectivity index (χ0n) is 10.4. The molecule has 1 aliphatic heterocycles. The molecule has 0 unspecified atom stereocenters. The Balaban J connectivity index is 1.86. The van der Waals surface area contributed by atoms with Crippen LogP contribution in [0.5, 0.6) is 0 Å². The van der Waals surface area contributed by atoms with Crippen LogP contribution < -0.4 is 0 Å². The van der Waals surface area contributed by atoms with Crippen LogP contribution in [0.25, 0.3) is 0 Å².